The molecule has 0 aliphatic heterocycles. The van der Waals surface area contributed by atoms with E-state index in [2.05, 4.69) is 16.5 Å². The van der Waals surface area contributed by atoms with Gasteiger partial charge in [-0.25, -0.2) is 0 Å². The van der Waals surface area contributed by atoms with Gasteiger partial charge in [0, 0.05) is 6.42 Å². The van der Waals surface area contributed by atoms with Crippen molar-refractivity contribution in [3.63, 3.8) is 0 Å². The smallest absolute Gasteiger partial charge is 0.262 e. The average Bonchev–Trinajstić information content (AvgIpc) is 2.66. The molecule has 0 amide bonds. The maximum atomic E-state index is 11.9. The summed E-state index contributed by atoms with van der Waals surface area (Å²) >= 11 is 6.25. The molecule has 2 aromatic carbocycles. The van der Waals surface area contributed by atoms with Crippen LogP contribution in [0.15, 0.2) is 58.1 Å². The Hall–Kier alpha value is -3.25. The molecule has 3 aromatic rings. The average molecular weight is 399 g/mol. The maximum Gasteiger partial charge on any atom is 0.262 e. The highest BCUT2D eigenvalue weighted by Crippen LogP contribution is 2.25. The third kappa shape index (κ3) is 5.14. The largest absolute Gasteiger partial charge is 0.493 e. The van der Waals surface area contributed by atoms with E-state index < -0.39 is 11.1 Å². The number of para-hydroxylation sites is 1. The molecular weight excluding hydrogens is 380 g/mol. The summed E-state index contributed by atoms with van der Waals surface area (Å²) in [6.07, 6.45) is 2.15. The predicted octanol–water partition coefficient (Wildman–Crippen LogP) is 1.80. The highest BCUT2D eigenvalue weighted by Gasteiger charge is 2.04. The fourth-order valence-electron chi connectivity index (χ4n) is 2.51. The maximum absolute atomic E-state index is 11.9. The van der Waals surface area contributed by atoms with Crippen LogP contribution < -0.4 is 31.3 Å². The number of nitrogens with one attached hydrogen (secondary N) is 2. The Morgan fingerprint density at radius 1 is 0.964 bits per heavy atom. The SMILES string of the molecule is C=c1[nH]c(=O)c(=Cc2ccc(OCCCOc3ccccc3)c(Cl)c2)c(=O)[nH]1. The van der Waals surface area contributed by atoms with Crippen LogP contribution in [0.5, 0.6) is 11.5 Å². The van der Waals surface area contributed by atoms with Crippen LogP contribution in [-0.2, 0) is 0 Å². The molecule has 0 unspecified atom stereocenters. The van der Waals surface area contributed by atoms with Crippen molar-refractivity contribution in [1.82, 2.24) is 9.97 Å². The lowest BCUT2D eigenvalue weighted by molar-refractivity contribution is 0.247. The van der Waals surface area contributed by atoms with Gasteiger partial charge in [-0.2, -0.15) is 0 Å². The molecule has 0 spiro atoms. The van der Waals surface area contributed by atoms with Crippen molar-refractivity contribution in [1.29, 1.82) is 0 Å². The molecule has 7 heteroatoms. The first-order valence-corrected chi connectivity index (χ1v) is 9.04. The van der Waals surface area contributed by atoms with Gasteiger partial charge in [0.1, 0.15) is 22.2 Å². The van der Waals surface area contributed by atoms with Crippen LogP contribution >= 0.6 is 11.6 Å². The van der Waals surface area contributed by atoms with Crippen molar-refractivity contribution >= 4 is 24.3 Å². The summed E-state index contributed by atoms with van der Waals surface area (Å²) in [5.41, 5.74) is -0.255. The molecule has 0 aliphatic carbocycles. The second-order valence-electron chi connectivity index (χ2n) is 6.00. The number of halogens is 1. The summed E-state index contributed by atoms with van der Waals surface area (Å²) in [6.45, 7) is 4.48. The molecule has 0 saturated carbocycles. The minimum atomic E-state index is -0.511. The fraction of sp³-hybridized carbons (Fsp3) is 0.143. The van der Waals surface area contributed by atoms with Crippen molar-refractivity contribution in [2.45, 2.75) is 6.42 Å². The lowest BCUT2D eigenvalue weighted by atomic mass is 10.2. The van der Waals surface area contributed by atoms with E-state index in [-0.39, 0.29) is 10.7 Å². The number of benzene rings is 2. The van der Waals surface area contributed by atoms with Gasteiger partial charge < -0.3 is 19.4 Å². The summed E-state index contributed by atoms with van der Waals surface area (Å²) in [5, 5.41) is 0.370. The molecule has 3 rings (SSSR count). The van der Waals surface area contributed by atoms with Gasteiger partial charge in [0.2, 0.25) is 0 Å². The first-order valence-electron chi connectivity index (χ1n) is 8.66. The molecule has 0 bridgehead atoms. The standard InChI is InChI=1S/C21H19ClN2O4/c1-14-23-20(25)17(21(26)24-14)12-15-8-9-19(18(22)13-15)28-11-5-10-27-16-6-3-2-4-7-16/h2-4,6-9,12-13H,1,5,10-11H2,(H,23,25)(H,24,26). The molecule has 0 saturated heterocycles. The van der Waals surface area contributed by atoms with Gasteiger partial charge in [-0.05, 0) is 35.9 Å². The summed E-state index contributed by atoms with van der Waals surface area (Å²) in [4.78, 5) is 28.7. The first kappa shape index (κ1) is 19.5. The van der Waals surface area contributed by atoms with Crippen LogP contribution in [0.4, 0.5) is 0 Å². The number of hydrogen-bond acceptors (Lipinski definition) is 4. The first-order chi connectivity index (χ1) is 13.5. The summed E-state index contributed by atoms with van der Waals surface area (Å²) in [7, 11) is 0. The van der Waals surface area contributed by atoms with E-state index in [0.717, 1.165) is 5.75 Å². The number of ether oxygens (including phenoxy) is 2. The highest BCUT2D eigenvalue weighted by atomic mass is 35.5. The van der Waals surface area contributed by atoms with Gasteiger partial charge in [0.15, 0.2) is 0 Å². The van der Waals surface area contributed by atoms with Gasteiger partial charge in [-0.15, -0.1) is 0 Å². The molecule has 144 valence electrons. The van der Waals surface area contributed by atoms with Crippen molar-refractivity contribution in [2.24, 2.45) is 0 Å². The van der Waals surface area contributed by atoms with Gasteiger partial charge >= 0.3 is 0 Å². The van der Waals surface area contributed by atoms with Crippen molar-refractivity contribution in [2.75, 3.05) is 13.2 Å². The van der Waals surface area contributed by atoms with E-state index in [1.807, 2.05) is 30.3 Å². The molecule has 0 fully saturated rings. The van der Waals surface area contributed by atoms with E-state index in [4.69, 9.17) is 21.1 Å². The van der Waals surface area contributed by atoms with Crippen molar-refractivity contribution in [3.05, 3.63) is 90.5 Å². The molecule has 28 heavy (non-hydrogen) atoms. The zero-order chi connectivity index (χ0) is 19.9. The van der Waals surface area contributed by atoms with Crippen LogP contribution in [-0.4, -0.2) is 23.2 Å². The molecule has 0 aliphatic rings. The predicted molar refractivity (Wildman–Crippen MR) is 110 cm³/mol. The van der Waals surface area contributed by atoms with Crippen molar-refractivity contribution in [3.8, 4) is 11.5 Å². The molecule has 2 N–H and O–H groups in total. The Kier molecular flexibility index (Phi) is 6.34. The zero-order valence-corrected chi connectivity index (χ0v) is 15.8. The summed E-state index contributed by atoms with van der Waals surface area (Å²) in [5.74, 6) is 1.34. The van der Waals surface area contributed by atoms with Gasteiger partial charge in [0.05, 0.1) is 18.2 Å². The highest BCUT2D eigenvalue weighted by molar-refractivity contribution is 6.32. The third-order valence-corrected chi connectivity index (χ3v) is 4.14. The molecule has 1 aromatic heterocycles. The van der Waals surface area contributed by atoms with Crippen LogP contribution in [0.2, 0.25) is 5.02 Å². The van der Waals surface area contributed by atoms with E-state index in [0.29, 0.717) is 36.0 Å². The van der Waals surface area contributed by atoms with Gasteiger partial charge in [-0.3, -0.25) is 9.59 Å². The normalized spacial score (nSPS) is 10.5. The van der Waals surface area contributed by atoms with Gasteiger partial charge in [0.25, 0.3) is 11.1 Å². The third-order valence-electron chi connectivity index (χ3n) is 3.84. The lowest BCUT2D eigenvalue weighted by Crippen LogP contribution is -2.47. The number of hydrogen-bond donors (Lipinski definition) is 2. The molecule has 1 heterocycles. The van der Waals surface area contributed by atoms with E-state index in [9.17, 15) is 9.59 Å². The minimum absolute atomic E-state index is 0.0183. The molecule has 0 atom stereocenters. The van der Waals surface area contributed by atoms with Crippen LogP contribution in [0.3, 0.4) is 0 Å². The Morgan fingerprint density at radius 2 is 1.64 bits per heavy atom. The van der Waals surface area contributed by atoms with E-state index >= 15 is 0 Å². The fourth-order valence-corrected chi connectivity index (χ4v) is 2.76. The molecule has 6 nitrogen and oxygen atoms in total. The Labute approximate surface area is 165 Å². The van der Waals surface area contributed by atoms with E-state index in [1.165, 1.54) is 6.08 Å². The summed E-state index contributed by atoms with van der Waals surface area (Å²) < 4.78 is 11.3. The quantitative estimate of drug-likeness (QED) is 0.594. The number of rotatable bonds is 7. The van der Waals surface area contributed by atoms with E-state index in [1.54, 1.807) is 18.2 Å². The minimum Gasteiger partial charge on any atom is -0.493 e. The number of aromatic amines is 2. The Bertz CT molecular complexity index is 1130. The van der Waals surface area contributed by atoms with Crippen LogP contribution in [0.1, 0.15) is 12.0 Å². The van der Waals surface area contributed by atoms with Crippen molar-refractivity contribution < 1.29 is 9.47 Å². The molecular formula is C21H19ClN2O4. The monoisotopic (exact) mass is 398 g/mol. The Morgan fingerprint density at radius 3 is 2.32 bits per heavy atom. The zero-order valence-electron chi connectivity index (χ0n) is 15.0. The second kappa shape index (κ2) is 9.10. The van der Waals surface area contributed by atoms with Crippen LogP contribution in [0, 0.1) is 0 Å². The summed E-state index contributed by atoms with van der Waals surface area (Å²) in [6, 6.07) is 14.6. The number of aromatic nitrogens is 2. The topological polar surface area (TPSA) is 84.2 Å². The second-order valence-corrected chi connectivity index (χ2v) is 6.41. The Balaban J connectivity index is 1.62. The number of H-pyrrole nitrogens is 2. The molecule has 0 radical (unpaired) electrons. The van der Waals surface area contributed by atoms with Gasteiger partial charge in [-0.1, -0.05) is 42.4 Å². The lowest BCUT2D eigenvalue weighted by Gasteiger charge is -2.09. The van der Waals surface area contributed by atoms with Crippen LogP contribution in [0.25, 0.3) is 12.7 Å².